The molecule has 0 fully saturated rings. The minimum atomic E-state index is -0.406. The molecule has 2 aromatic rings. The SMILES string of the molecule is CCn1cc(C(C)(C)N)c2ccc(F)cc21. The van der Waals surface area contributed by atoms with E-state index in [0.717, 1.165) is 23.0 Å². The van der Waals surface area contributed by atoms with Crippen LogP contribution in [0, 0.1) is 5.82 Å². The van der Waals surface area contributed by atoms with Gasteiger partial charge in [-0.1, -0.05) is 0 Å². The van der Waals surface area contributed by atoms with Crippen molar-refractivity contribution in [1.82, 2.24) is 4.57 Å². The Labute approximate surface area is 94.9 Å². The van der Waals surface area contributed by atoms with E-state index in [9.17, 15) is 4.39 Å². The van der Waals surface area contributed by atoms with Crippen LogP contribution in [0.25, 0.3) is 10.9 Å². The molecule has 16 heavy (non-hydrogen) atoms. The maximum Gasteiger partial charge on any atom is 0.125 e. The Morgan fingerprint density at radius 2 is 2.06 bits per heavy atom. The van der Waals surface area contributed by atoms with Crippen molar-refractivity contribution in [2.45, 2.75) is 32.9 Å². The lowest BCUT2D eigenvalue weighted by atomic mass is 9.95. The topological polar surface area (TPSA) is 30.9 Å². The van der Waals surface area contributed by atoms with Crippen molar-refractivity contribution in [1.29, 1.82) is 0 Å². The van der Waals surface area contributed by atoms with Gasteiger partial charge in [0, 0.05) is 23.7 Å². The van der Waals surface area contributed by atoms with E-state index >= 15 is 0 Å². The second kappa shape index (κ2) is 3.59. The van der Waals surface area contributed by atoms with Crippen LogP contribution in [-0.4, -0.2) is 4.57 Å². The number of nitrogens with two attached hydrogens (primary N) is 1. The quantitative estimate of drug-likeness (QED) is 0.828. The summed E-state index contributed by atoms with van der Waals surface area (Å²) in [7, 11) is 0. The van der Waals surface area contributed by atoms with Gasteiger partial charge in [-0.2, -0.15) is 0 Å². The van der Waals surface area contributed by atoms with Crippen LogP contribution in [0.2, 0.25) is 0 Å². The molecule has 0 radical (unpaired) electrons. The molecule has 0 aliphatic heterocycles. The van der Waals surface area contributed by atoms with E-state index in [0.29, 0.717) is 0 Å². The fourth-order valence-corrected chi connectivity index (χ4v) is 2.04. The van der Waals surface area contributed by atoms with Gasteiger partial charge >= 0.3 is 0 Å². The highest BCUT2D eigenvalue weighted by molar-refractivity contribution is 5.85. The molecule has 1 aromatic carbocycles. The Morgan fingerprint density at radius 3 is 2.62 bits per heavy atom. The summed E-state index contributed by atoms with van der Waals surface area (Å²) in [6, 6.07) is 4.85. The second-order valence-corrected chi connectivity index (χ2v) is 4.71. The summed E-state index contributed by atoms with van der Waals surface area (Å²) >= 11 is 0. The van der Waals surface area contributed by atoms with Crippen LogP contribution in [0.15, 0.2) is 24.4 Å². The highest BCUT2D eigenvalue weighted by Crippen LogP contribution is 2.29. The van der Waals surface area contributed by atoms with Gasteiger partial charge in [-0.25, -0.2) is 4.39 Å². The fourth-order valence-electron chi connectivity index (χ4n) is 2.04. The van der Waals surface area contributed by atoms with Gasteiger partial charge in [-0.3, -0.25) is 0 Å². The summed E-state index contributed by atoms with van der Waals surface area (Å²) in [4.78, 5) is 0. The van der Waals surface area contributed by atoms with Gasteiger partial charge in [0.2, 0.25) is 0 Å². The van der Waals surface area contributed by atoms with E-state index in [1.807, 2.05) is 31.5 Å². The summed E-state index contributed by atoms with van der Waals surface area (Å²) < 4.78 is 15.2. The van der Waals surface area contributed by atoms with Crippen LogP contribution >= 0.6 is 0 Å². The fraction of sp³-hybridized carbons (Fsp3) is 0.385. The highest BCUT2D eigenvalue weighted by Gasteiger charge is 2.20. The van der Waals surface area contributed by atoms with Crippen LogP contribution in [0.4, 0.5) is 4.39 Å². The molecular weight excluding hydrogens is 203 g/mol. The maximum absolute atomic E-state index is 13.2. The van der Waals surface area contributed by atoms with Crippen molar-refractivity contribution < 1.29 is 4.39 Å². The van der Waals surface area contributed by atoms with Crippen LogP contribution in [0.3, 0.4) is 0 Å². The molecule has 0 saturated heterocycles. The largest absolute Gasteiger partial charge is 0.347 e. The molecule has 1 heterocycles. The average molecular weight is 220 g/mol. The first-order chi connectivity index (χ1) is 7.43. The standard InChI is InChI=1S/C13H17FN2/c1-4-16-8-11(13(2,3)15)10-6-5-9(14)7-12(10)16/h5-8H,4,15H2,1-3H3. The van der Waals surface area contributed by atoms with Gasteiger partial charge < -0.3 is 10.3 Å². The third kappa shape index (κ3) is 1.71. The minimum Gasteiger partial charge on any atom is -0.347 e. The summed E-state index contributed by atoms with van der Waals surface area (Å²) in [5, 5.41) is 1.04. The molecule has 3 heteroatoms. The number of hydrogen-bond acceptors (Lipinski definition) is 1. The van der Waals surface area contributed by atoms with Gasteiger partial charge in [0.25, 0.3) is 0 Å². The van der Waals surface area contributed by atoms with Crippen molar-refractivity contribution in [2.24, 2.45) is 5.73 Å². The zero-order chi connectivity index (χ0) is 11.9. The Morgan fingerprint density at radius 1 is 1.38 bits per heavy atom. The normalized spacial score (nSPS) is 12.3. The highest BCUT2D eigenvalue weighted by atomic mass is 19.1. The number of aromatic nitrogens is 1. The second-order valence-electron chi connectivity index (χ2n) is 4.71. The predicted octanol–water partition coefficient (Wildman–Crippen LogP) is 2.99. The molecule has 86 valence electrons. The molecule has 0 bridgehead atoms. The molecule has 2 N–H and O–H groups in total. The molecule has 0 atom stereocenters. The van der Waals surface area contributed by atoms with Crippen LogP contribution < -0.4 is 5.73 Å². The molecule has 0 unspecified atom stereocenters. The van der Waals surface area contributed by atoms with Gasteiger partial charge in [-0.15, -0.1) is 0 Å². The molecular formula is C13H17FN2. The van der Waals surface area contributed by atoms with Gasteiger partial charge in [0.1, 0.15) is 5.82 Å². The molecule has 0 aliphatic carbocycles. The van der Waals surface area contributed by atoms with Crippen molar-refractivity contribution in [3.63, 3.8) is 0 Å². The van der Waals surface area contributed by atoms with Gasteiger partial charge in [-0.05, 0) is 44.5 Å². The van der Waals surface area contributed by atoms with Crippen molar-refractivity contribution >= 4 is 10.9 Å². The molecule has 0 aliphatic rings. The smallest absolute Gasteiger partial charge is 0.125 e. The summed E-state index contributed by atoms with van der Waals surface area (Å²) in [6.45, 7) is 6.78. The van der Waals surface area contributed by atoms with Gasteiger partial charge in [0.05, 0.1) is 5.52 Å². The monoisotopic (exact) mass is 220 g/mol. The molecule has 2 nitrogen and oxygen atoms in total. The molecule has 2 rings (SSSR count). The summed E-state index contributed by atoms with van der Waals surface area (Å²) in [5.41, 5.74) is 7.69. The predicted molar refractivity (Wildman–Crippen MR) is 64.8 cm³/mol. The molecule has 0 saturated carbocycles. The van der Waals surface area contributed by atoms with Crippen molar-refractivity contribution in [3.8, 4) is 0 Å². The Hall–Kier alpha value is -1.35. The number of halogens is 1. The lowest BCUT2D eigenvalue weighted by Crippen LogP contribution is -2.28. The maximum atomic E-state index is 13.2. The van der Waals surface area contributed by atoms with Crippen LogP contribution in [0.5, 0.6) is 0 Å². The van der Waals surface area contributed by atoms with Gasteiger partial charge in [0.15, 0.2) is 0 Å². The first kappa shape index (κ1) is 11.1. The number of hydrogen-bond donors (Lipinski definition) is 1. The van der Waals surface area contributed by atoms with E-state index in [4.69, 9.17) is 5.73 Å². The van der Waals surface area contributed by atoms with E-state index in [1.165, 1.54) is 6.07 Å². The van der Waals surface area contributed by atoms with Crippen molar-refractivity contribution in [2.75, 3.05) is 0 Å². The third-order valence-electron chi connectivity index (χ3n) is 2.88. The number of rotatable bonds is 2. The van der Waals surface area contributed by atoms with E-state index in [2.05, 4.69) is 0 Å². The van der Waals surface area contributed by atoms with E-state index < -0.39 is 5.54 Å². The Bertz CT molecular complexity index is 520. The van der Waals surface area contributed by atoms with E-state index in [1.54, 1.807) is 12.1 Å². The van der Waals surface area contributed by atoms with Crippen LogP contribution in [-0.2, 0) is 12.1 Å². The summed E-state index contributed by atoms with van der Waals surface area (Å²) in [5.74, 6) is -0.207. The molecule has 0 amide bonds. The third-order valence-corrected chi connectivity index (χ3v) is 2.88. The zero-order valence-corrected chi connectivity index (χ0v) is 9.92. The number of aryl methyl sites for hydroxylation is 1. The summed E-state index contributed by atoms with van der Waals surface area (Å²) in [6.07, 6.45) is 2.02. The zero-order valence-electron chi connectivity index (χ0n) is 9.92. The lowest BCUT2D eigenvalue weighted by Gasteiger charge is -2.17. The number of benzene rings is 1. The Kier molecular flexibility index (Phi) is 2.50. The molecule has 0 spiro atoms. The number of nitrogens with zero attached hydrogens (tertiary/aromatic N) is 1. The lowest BCUT2D eigenvalue weighted by molar-refractivity contribution is 0.556. The number of fused-ring (bicyclic) bond motifs is 1. The first-order valence-corrected chi connectivity index (χ1v) is 5.51. The minimum absolute atomic E-state index is 0.207. The average Bonchev–Trinajstić information content (AvgIpc) is 2.55. The molecule has 1 aromatic heterocycles. The van der Waals surface area contributed by atoms with Crippen LogP contribution in [0.1, 0.15) is 26.3 Å². The van der Waals surface area contributed by atoms with E-state index in [-0.39, 0.29) is 5.82 Å². The first-order valence-electron chi connectivity index (χ1n) is 5.51. The van der Waals surface area contributed by atoms with Crippen molar-refractivity contribution in [3.05, 3.63) is 35.8 Å². The Balaban J connectivity index is 2.78.